The maximum absolute atomic E-state index is 12.4. The zero-order valence-electron chi connectivity index (χ0n) is 13.4. The highest BCUT2D eigenvalue weighted by Gasteiger charge is 2.46. The molecular formula is C16H24N2O4S. The van der Waals surface area contributed by atoms with Gasteiger partial charge in [0.2, 0.25) is 10.0 Å². The lowest BCUT2D eigenvalue weighted by Crippen LogP contribution is -2.54. The van der Waals surface area contributed by atoms with Crippen LogP contribution in [0.2, 0.25) is 0 Å². The van der Waals surface area contributed by atoms with Crippen LogP contribution in [0.5, 0.6) is 0 Å². The average Bonchev–Trinajstić information content (AvgIpc) is 2.97. The summed E-state index contributed by atoms with van der Waals surface area (Å²) in [6.07, 6.45) is 5.55. The van der Waals surface area contributed by atoms with E-state index in [1.807, 2.05) is 19.1 Å². The van der Waals surface area contributed by atoms with Crippen molar-refractivity contribution in [3.05, 3.63) is 30.1 Å². The van der Waals surface area contributed by atoms with Crippen LogP contribution in [0.15, 0.2) is 24.5 Å². The van der Waals surface area contributed by atoms with E-state index >= 15 is 0 Å². The fourth-order valence-electron chi connectivity index (χ4n) is 3.46. The molecule has 1 saturated heterocycles. The zero-order valence-corrected chi connectivity index (χ0v) is 14.2. The Bertz CT molecular complexity index is 608. The van der Waals surface area contributed by atoms with E-state index in [4.69, 9.17) is 9.47 Å². The van der Waals surface area contributed by atoms with Crippen molar-refractivity contribution in [1.82, 2.24) is 9.29 Å². The fraction of sp³-hybridized carbons (Fsp3) is 0.688. The van der Waals surface area contributed by atoms with Crippen LogP contribution in [0.3, 0.4) is 0 Å². The second-order valence-electron chi connectivity index (χ2n) is 6.11. The van der Waals surface area contributed by atoms with Crippen molar-refractivity contribution in [3.63, 3.8) is 0 Å². The van der Waals surface area contributed by atoms with Crippen LogP contribution in [0, 0.1) is 0 Å². The van der Waals surface area contributed by atoms with Gasteiger partial charge in [0, 0.05) is 18.9 Å². The van der Waals surface area contributed by atoms with Crippen LogP contribution in [0.4, 0.5) is 0 Å². The van der Waals surface area contributed by atoms with E-state index in [1.165, 1.54) is 0 Å². The predicted molar refractivity (Wildman–Crippen MR) is 86.4 cm³/mol. The third-order valence-electron chi connectivity index (χ3n) is 4.52. The minimum Gasteiger partial charge on any atom is -0.372 e. The van der Waals surface area contributed by atoms with E-state index in [0.717, 1.165) is 18.4 Å². The first-order valence-electron chi connectivity index (χ1n) is 8.23. The zero-order chi connectivity index (χ0) is 16.3. The molecule has 0 aromatic carbocycles. The van der Waals surface area contributed by atoms with Crippen molar-refractivity contribution in [2.45, 2.75) is 51.0 Å². The Kier molecular flexibility index (Phi) is 5.31. The normalized spacial score (nSPS) is 28.7. The minimum atomic E-state index is -3.19. The molecule has 3 atom stereocenters. The fourth-order valence-corrected chi connectivity index (χ4v) is 5.20. The van der Waals surface area contributed by atoms with Crippen molar-refractivity contribution in [1.29, 1.82) is 0 Å². The molecule has 1 aromatic rings. The van der Waals surface area contributed by atoms with Gasteiger partial charge in [0.1, 0.15) is 6.10 Å². The monoisotopic (exact) mass is 340 g/mol. The van der Waals surface area contributed by atoms with E-state index in [2.05, 4.69) is 4.98 Å². The van der Waals surface area contributed by atoms with Crippen LogP contribution >= 0.6 is 0 Å². The van der Waals surface area contributed by atoms with Crippen molar-refractivity contribution in [2.75, 3.05) is 18.9 Å². The lowest BCUT2D eigenvalue weighted by molar-refractivity contribution is -0.100. The second kappa shape index (κ2) is 7.25. The maximum atomic E-state index is 12.4. The van der Waals surface area contributed by atoms with Crippen molar-refractivity contribution >= 4 is 10.0 Å². The van der Waals surface area contributed by atoms with Gasteiger partial charge in [0.15, 0.2) is 0 Å². The number of ether oxygens (including phenoxy) is 2. The number of morpholine rings is 1. The molecular weight excluding hydrogens is 316 g/mol. The van der Waals surface area contributed by atoms with Crippen LogP contribution < -0.4 is 0 Å². The summed E-state index contributed by atoms with van der Waals surface area (Å²) >= 11 is 0. The number of hydrogen-bond acceptors (Lipinski definition) is 5. The summed E-state index contributed by atoms with van der Waals surface area (Å²) in [4.78, 5) is 3.99. The molecule has 23 heavy (non-hydrogen) atoms. The van der Waals surface area contributed by atoms with Crippen molar-refractivity contribution in [2.24, 2.45) is 0 Å². The highest BCUT2D eigenvalue weighted by Crippen LogP contribution is 2.34. The second-order valence-corrected chi connectivity index (χ2v) is 8.15. The van der Waals surface area contributed by atoms with E-state index in [9.17, 15) is 8.42 Å². The number of sulfonamides is 1. The van der Waals surface area contributed by atoms with Gasteiger partial charge in [-0.25, -0.2) is 8.42 Å². The Hall–Kier alpha value is -1.02. The smallest absolute Gasteiger partial charge is 0.214 e. The molecule has 128 valence electrons. The van der Waals surface area contributed by atoms with Gasteiger partial charge in [0.05, 0.1) is 31.1 Å². The Morgan fingerprint density at radius 1 is 1.35 bits per heavy atom. The molecule has 0 N–H and O–H groups in total. The maximum Gasteiger partial charge on any atom is 0.214 e. The van der Waals surface area contributed by atoms with E-state index in [1.54, 1.807) is 16.7 Å². The third-order valence-corrected chi connectivity index (χ3v) is 6.61. The van der Waals surface area contributed by atoms with Gasteiger partial charge in [-0.15, -0.1) is 0 Å². The molecule has 1 aromatic heterocycles. The summed E-state index contributed by atoms with van der Waals surface area (Å²) < 4.78 is 38.4. The molecule has 0 amide bonds. The summed E-state index contributed by atoms with van der Waals surface area (Å²) in [6, 6.07) is 3.76. The van der Waals surface area contributed by atoms with Crippen LogP contribution in [-0.2, 0) is 26.1 Å². The molecule has 1 aliphatic carbocycles. The van der Waals surface area contributed by atoms with Crippen molar-refractivity contribution < 1.29 is 17.9 Å². The van der Waals surface area contributed by atoms with E-state index in [0.29, 0.717) is 26.2 Å². The van der Waals surface area contributed by atoms with Gasteiger partial charge in [-0.2, -0.15) is 4.31 Å². The number of pyridine rings is 1. The van der Waals surface area contributed by atoms with Crippen molar-refractivity contribution in [3.8, 4) is 0 Å². The molecule has 2 aliphatic rings. The lowest BCUT2D eigenvalue weighted by atomic mass is 10.1. The molecule has 1 saturated carbocycles. The summed E-state index contributed by atoms with van der Waals surface area (Å²) in [6.45, 7) is 3.30. The molecule has 3 rings (SSSR count). The number of fused-ring (bicyclic) bond motifs is 1. The first-order chi connectivity index (χ1) is 11.1. The van der Waals surface area contributed by atoms with Crippen LogP contribution in [0.25, 0.3) is 0 Å². The van der Waals surface area contributed by atoms with Crippen LogP contribution in [-0.4, -0.2) is 54.9 Å². The third kappa shape index (κ3) is 3.74. The van der Waals surface area contributed by atoms with Gasteiger partial charge in [0.25, 0.3) is 0 Å². The largest absolute Gasteiger partial charge is 0.372 e. The Morgan fingerprint density at radius 2 is 2.13 bits per heavy atom. The SMILES string of the molecule is CCCS(=O)(=O)N1CCO[C@@H]2[C@H]1CC[C@H]2OCc1ccncc1. The number of rotatable bonds is 6. The molecule has 0 radical (unpaired) electrons. The topological polar surface area (TPSA) is 68.7 Å². The van der Waals surface area contributed by atoms with E-state index in [-0.39, 0.29) is 24.0 Å². The molecule has 0 spiro atoms. The lowest BCUT2D eigenvalue weighted by Gasteiger charge is -2.38. The molecule has 0 unspecified atom stereocenters. The summed E-state index contributed by atoms with van der Waals surface area (Å²) in [7, 11) is -3.19. The summed E-state index contributed by atoms with van der Waals surface area (Å²) in [5.74, 6) is 0.207. The predicted octanol–water partition coefficient (Wildman–Crippen LogP) is 1.57. The van der Waals surface area contributed by atoms with Gasteiger partial charge in [-0.1, -0.05) is 6.92 Å². The Balaban J connectivity index is 1.64. The summed E-state index contributed by atoms with van der Waals surface area (Å²) in [5.41, 5.74) is 1.06. The molecule has 1 aliphatic heterocycles. The Labute approximate surface area is 137 Å². The first kappa shape index (κ1) is 16.8. The van der Waals surface area contributed by atoms with Crippen LogP contribution in [0.1, 0.15) is 31.7 Å². The number of nitrogens with zero attached hydrogens (tertiary/aromatic N) is 2. The molecule has 7 heteroatoms. The molecule has 0 bridgehead atoms. The number of aromatic nitrogens is 1. The molecule has 2 fully saturated rings. The highest BCUT2D eigenvalue weighted by molar-refractivity contribution is 7.89. The first-order valence-corrected chi connectivity index (χ1v) is 9.84. The standard InChI is InChI=1S/C16H24N2O4S/c1-2-11-23(19,20)18-9-10-21-16-14(18)3-4-15(16)22-12-13-5-7-17-8-6-13/h5-8,14-16H,2-4,9-12H2,1H3/t14-,15-,16-/m1/s1. The molecule has 2 heterocycles. The van der Waals surface area contributed by atoms with E-state index < -0.39 is 10.0 Å². The number of hydrogen-bond donors (Lipinski definition) is 0. The highest BCUT2D eigenvalue weighted by atomic mass is 32.2. The quantitative estimate of drug-likeness (QED) is 0.786. The molecule has 6 nitrogen and oxygen atoms in total. The van der Waals surface area contributed by atoms with Gasteiger partial charge in [-0.05, 0) is 37.0 Å². The van der Waals surface area contributed by atoms with Gasteiger partial charge >= 0.3 is 0 Å². The summed E-state index contributed by atoms with van der Waals surface area (Å²) in [5, 5.41) is 0. The average molecular weight is 340 g/mol. The minimum absolute atomic E-state index is 0.0483. The van der Waals surface area contributed by atoms with Gasteiger partial charge in [-0.3, -0.25) is 4.98 Å². The Morgan fingerprint density at radius 3 is 2.87 bits per heavy atom. The van der Waals surface area contributed by atoms with Gasteiger partial charge < -0.3 is 9.47 Å².